The summed E-state index contributed by atoms with van der Waals surface area (Å²) in [4.78, 5) is 32.2. The maximum Gasteiger partial charge on any atom is 0.349 e. The fourth-order valence-electron chi connectivity index (χ4n) is 4.04. The van der Waals surface area contributed by atoms with Crippen molar-refractivity contribution in [3.8, 4) is 17.6 Å². The molecule has 2 unspecified atom stereocenters. The number of carbonyl (C=O) groups is 2. The summed E-state index contributed by atoms with van der Waals surface area (Å²) in [5.41, 5.74) is 8.34. The minimum Gasteiger partial charge on any atom is -0.490 e. The van der Waals surface area contributed by atoms with E-state index in [2.05, 4.69) is 18.8 Å². The molecule has 0 radical (unpaired) electrons. The third-order valence-corrected chi connectivity index (χ3v) is 7.25. The Morgan fingerprint density at radius 1 is 1.19 bits per heavy atom. The van der Waals surface area contributed by atoms with Crippen molar-refractivity contribution < 1.29 is 23.6 Å². The largest absolute Gasteiger partial charge is 0.490 e. The van der Waals surface area contributed by atoms with Crippen LogP contribution in [0.4, 0.5) is 9.18 Å². The molecule has 0 bridgehead atoms. The first kappa shape index (κ1) is 26.2. The maximum atomic E-state index is 13.1. The van der Waals surface area contributed by atoms with Gasteiger partial charge in [-0.3, -0.25) is 0 Å². The highest BCUT2D eigenvalue weighted by Crippen LogP contribution is 2.33. The lowest BCUT2D eigenvalue weighted by Gasteiger charge is -2.23. The van der Waals surface area contributed by atoms with E-state index in [9.17, 15) is 14.0 Å². The average Bonchev–Trinajstić information content (AvgIpc) is 3.52. The summed E-state index contributed by atoms with van der Waals surface area (Å²) < 4.78 is 19.0. The Hall–Kier alpha value is -3.83. The molecule has 0 spiro atoms. The smallest absolute Gasteiger partial charge is 0.349 e. The molecule has 0 aliphatic carbocycles. The molecular weight excluding hydrogens is 491 g/mol. The molecule has 3 atom stereocenters. The Morgan fingerprint density at radius 3 is 2.65 bits per heavy atom. The fraction of sp³-hybridized carbons (Fsp3) is 0.310. The molecule has 37 heavy (non-hydrogen) atoms. The summed E-state index contributed by atoms with van der Waals surface area (Å²) in [7, 11) is 0. The number of nitrogens with zero attached hydrogens (tertiary/aromatic N) is 1. The van der Waals surface area contributed by atoms with Gasteiger partial charge in [0, 0.05) is 17.7 Å². The SMILES string of the molecule is CCC1Cc2cc(C(C)C(=O)ON(C(N)=O)[C@H](C)C#Cc3ccc(Cc4ccc(F)cc4)s3)ccc2O1. The molecule has 2 N–H and O–H groups in total. The van der Waals surface area contributed by atoms with Crippen molar-refractivity contribution in [1.29, 1.82) is 0 Å². The van der Waals surface area contributed by atoms with Crippen LogP contribution in [0.5, 0.6) is 5.75 Å². The van der Waals surface area contributed by atoms with Gasteiger partial charge < -0.3 is 15.3 Å². The Kier molecular flexibility index (Phi) is 8.14. The van der Waals surface area contributed by atoms with Gasteiger partial charge in [-0.2, -0.15) is 0 Å². The van der Waals surface area contributed by atoms with Crippen LogP contribution in [0, 0.1) is 17.7 Å². The van der Waals surface area contributed by atoms with Crippen LogP contribution in [-0.2, 0) is 22.5 Å². The molecule has 0 fully saturated rings. The van der Waals surface area contributed by atoms with E-state index in [1.54, 1.807) is 26.0 Å². The molecule has 2 aromatic carbocycles. The Bertz CT molecular complexity index is 1340. The van der Waals surface area contributed by atoms with Crippen LogP contribution in [0.15, 0.2) is 54.6 Å². The average molecular weight is 521 g/mol. The Morgan fingerprint density at radius 2 is 1.95 bits per heavy atom. The molecule has 0 saturated carbocycles. The van der Waals surface area contributed by atoms with Crippen molar-refractivity contribution in [2.24, 2.45) is 5.73 Å². The van der Waals surface area contributed by atoms with Gasteiger partial charge >= 0.3 is 12.0 Å². The van der Waals surface area contributed by atoms with Gasteiger partial charge in [0.2, 0.25) is 0 Å². The first-order valence-corrected chi connectivity index (χ1v) is 13.0. The van der Waals surface area contributed by atoms with Crippen LogP contribution in [-0.4, -0.2) is 29.2 Å². The van der Waals surface area contributed by atoms with E-state index in [4.69, 9.17) is 15.3 Å². The molecule has 3 aromatic rings. The molecule has 1 aliphatic heterocycles. The van der Waals surface area contributed by atoms with E-state index < -0.39 is 24.0 Å². The number of hydroxylamine groups is 2. The molecular formula is C29H29FN2O4S. The number of ether oxygens (including phenoxy) is 1. The predicted molar refractivity (Wildman–Crippen MR) is 141 cm³/mol. The molecule has 6 nitrogen and oxygen atoms in total. The van der Waals surface area contributed by atoms with Gasteiger partial charge in [-0.15, -0.1) is 16.4 Å². The number of nitrogens with two attached hydrogens (primary N) is 1. The van der Waals surface area contributed by atoms with Crippen LogP contribution in [0.1, 0.15) is 59.6 Å². The molecule has 2 amide bonds. The highest BCUT2D eigenvalue weighted by atomic mass is 32.1. The summed E-state index contributed by atoms with van der Waals surface area (Å²) in [5, 5.41) is 0.808. The number of fused-ring (bicyclic) bond motifs is 1. The standard InChI is InChI=1S/C29H29FN2O4S/c1-4-24-17-22-16-21(8-14-27(22)35-24)19(3)28(33)36-32(29(31)34)18(2)5-11-25-12-13-26(37-25)15-20-6-9-23(30)10-7-20/h6-10,12-14,16,18-19,24H,4,15,17H2,1-3H3,(H2,31,34)/t18-,19?,24?/m1/s1. The van der Waals surface area contributed by atoms with Crippen molar-refractivity contribution in [3.05, 3.63) is 86.9 Å². The molecule has 1 aromatic heterocycles. The van der Waals surface area contributed by atoms with Gasteiger partial charge in [0.05, 0.1) is 10.8 Å². The van der Waals surface area contributed by atoms with E-state index in [1.807, 2.05) is 30.3 Å². The number of amides is 2. The fourth-order valence-corrected chi connectivity index (χ4v) is 4.95. The van der Waals surface area contributed by atoms with E-state index >= 15 is 0 Å². The summed E-state index contributed by atoms with van der Waals surface area (Å²) >= 11 is 1.50. The lowest BCUT2D eigenvalue weighted by molar-refractivity contribution is -0.181. The highest BCUT2D eigenvalue weighted by Gasteiger charge is 2.28. The van der Waals surface area contributed by atoms with E-state index in [0.29, 0.717) is 6.42 Å². The second kappa shape index (κ2) is 11.5. The number of thiophene rings is 1. The summed E-state index contributed by atoms with van der Waals surface area (Å²) in [5.74, 6) is 5.32. The van der Waals surface area contributed by atoms with Crippen molar-refractivity contribution in [2.45, 2.75) is 58.1 Å². The number of rotatable bonds is 6. The second-order valence-electron chi connectivity index (χ2n) is 9.03. The molecule has 8 heteroatoms. The van der Waals surface area contributed by atoms with E-state index in [-0.39, 0.29) is 11.9 Å². The van der Waals surface area contributed by atoms with Crippen molar-refractivity contribution in [2.75, 3.05) is 0 Å². The maximum absolute atomic E-state index is 13.1. The lowest BCUT2D eigenvalue weighted by Crippen LogP contribution is -2.43. The molecule has 2 heterocycles. The number of benzene rings is 2. The number of carbonyl (C=O) groups excluding carboxylic acids is 2. The summed E-state index contributed by atoms with van der Waals surface area (Å²) in [6, 6.07) is 14.2. The Labute approximate surface area is 220 Å². The summed E-state index contributed by atoms with van der Waals surface area (Å²) in [6.45, 7) is 5.44. The zero-order valence-corrected chi connectivity index (χ0v) is 21.8. The molecule has 192 valence electrons. The number of hydrogen-bond donors (Lipinski definition) is 1. The predicted octanol–water partition coefficient (Wildman–Crippen LogP) is 5.57. The Balaban J connectivity index is 1.39. The van der Waals surface area contributed by atoms with Gasteiger partial charge in [0.1, 0.15) is 23.7 Å². The van der Waals surface area contributed by atoms with Crippen molar-refractivity contribution in [1.82, 2.24) is 5.06 Å². The number of hydrogen-bond acceptors (Lipinski definition) is 5. The van der Waals surface area contributed by atoms with Gasteiger partial charge in [-0.1, -0.05) is 43.0 Å². The topological polar surface area (TPSA) is 81.9 Å². The normalized spacial score (nSPS) is 15.5. The van der Waals surface area contributed by atoms with Crippen LogP contribution < -0.4 is 10.5 Å². The molecule has 1 aliphatic rings. The summed E-state index contributed by atoms with van der Waals surface area (Å²) in [6.07, 6.45) is 2.53. The van der Waals surface area contributed by atoms with Crippen LogP contribution in [0.2, 0.25) is 0 Å². The number of halogens is 1. The first-order chi connectivity index (χ1) is 17.7. The van der Waals surface area contributed by atoms with Crippen LogP contribution in [0.3, 0.4) is 0 Å². The van der Waals surface area contributed by atoms with Crippen molar-refractivity contribution in [3.63, 3.8) is 0 Å². The number of primary amides is 1. The quantitative estimate of drug-likeness (QED) is 0.340. The van der Waals surface area contributed by atoms with Crippen LogP contribution in [0.25, 0.3) is 0 Å². The van der Waals surface area contributed by atoms with E-state index in [0.717, 1.165) is 50.1 Å². The van der Waals surface area contributed by atoms with Gasteiger partial charge in [-0.25, -0.2) is 14.0 Å². The molecule has 4 rings (SSSR count). The minimum atomic E-state index is -0.904. The zero-order valence-electron chi connectivity index (χ0n) is 21.0. The zero-order chi connectivity index (χ0) is 26.5. The second-order valence-corrected chi connectivity index (χ2v) is 10.2. The number of urea groups is 1. The van der Waals surface area contributed by atoms with E-state index in [1.165, 1.54) is 23.5 Å². The third kappa shape index (κ3) is 6.49. The minimum absolute atomic E-state index is 0.152. The van der Waals surface area contributed by atoms with Gasteiger partial charge in [0.25, 0.3) is 0 Å². The third-order valence-electron chi connectivity index (χ3n) is 6.25. The highest BCUT2D eigenvalue weighted by molar-refractivity contribution is 7.12. The van der Waals surface area contributed by atoms with Crippen molar-refractivity contribution >= 4 is 23.3 Å². The first-order valence-electron chi connectivity index (χ1n) is 12.2. The van der Waals surface area contributed by atoms with Gasteiger partial charge in [0.15, 0.2) is 0 Å². The lowest BCUT2D eigenvalue weighted by atomic mass is 9.97. The van der Waals surface area contributed by atoms with Crippen LogP contribution >= 0.6 is 11.3 Å². The van der Waals surface area contributed by atoms with Gasteiger partial charge in [-0.05, 0) is 67.3 Å². The molecule has 0 saturated heterocycles. The monoisotopic (exact) mass is 520 g/mol.